The minimum absolute atomic E-state index is 0. The Bertz CT molecular complexity index is 477. The van der Waals surface area contributed by atoms with Crippen molar-refractivity contribution >= 4 is 41.7 Å². The predicted octanol–water partition coefficient (Wildman–Crippen LogP) is 3.34. The number of thioether (sulfide) groups is 1. The number of halogens is 1. The van der Waals surface area contributed by atoms with Crippen LogP contribution in [0.4, 0.5) is 0 Å². The molecule has 6 heteroatoms. The predicted molar refractivity (Wildman–Crippen MR) is 113 cm³/mol. The number of benzene rings is 1. The first kappa shape index (κ1) is 22.5. The van der Waals surface area contributed by atoms with Crippen LogP contribution in [-0.2, 0) is 0 Å². The molecule has 0 aromatic heterocycles. The van der Waals surface area contributed by atoms with Crippen molar-refractivity contribution in [3.05, 3.63) is 35.4 Å². The van der Waals surface area contributed by atoms with E-state index in [2.05, 4.69) is 35.7 Å². The zero-order valence-electron chi connectivity index (χ0n) is 14.7. The molecular formula is C17H30IN3OS. The maximum absolute atomic E-state index is 10.3. The highest BCUT2D eigenvalue weighted by molar-refractivity contribution is 14.0. The van der Waals surface area contributed by atoms with Crippen molar-refractivity contribution in [3.8, 4) is 0 Å². The van der Waals surface area contributed by atoms with Crippen LogP contribution < -0.4 is 10.6 Å². The molecular weight excluding hydrogens is 421 g/mol. The third-order valence-corrected chi connectivity index (χ3v) is 4.67. The molecule has 1 aromatic rings. The first-order valence-electron chi connectivity index (χ1n) is 7.70. The number of rotatable bonds is 7. The maximum atomic E-state index is 10.3. The molecule has 0 saturated carbocycles. The van der Waals surface area contributed by atoms with E-state index in [9.17, 15) is 5.11 Å². The molecule has 0 radical (unpaired) electrons. The summed E-state index contributed by atoms with van der Waals surface area (Å²) in [6, 6.07) is 7.95. The number of aliphatic imine (C=N–C) groups is 1. The van der Waals surface area contributed by atoms with Crippen molar-refractivity contribution in [3.63, 3.8) is 0 Å². The first-order valence-corrected chi connectivity index (χ1v) is 8.92. The Hall–Kier alpha value is -0.470. The number of hydrogen-bond acceptors (Lipinski definition) is 3. The smallest absolute Gasteiger partial charge is 0.191 e. The molecule has 3 N–H and O–H groups in total. The number of aliphatic hydroxyl groups is 1. The second-order valence-electron chi connectivity index (χ2n) is 5.97. The number of nitrogens with zero attached hydrogens (tertiary/aromatic N) is 1. The van der Waals surface area contributed by atoms with E-state index < -0.39 is 6.10 Å². The van der Waals surface area contributed by atoms with Crippen LogP contribution in [-0.4, -0.2) is 41.7 Å². The summed E-state index contributed by atoms with van der Waals surface area (Å²) in [5.41, 5.74) is 2.11. The van der Waals surface area contributed by atoms with Gasteiger partial charge in [0.15, 0.2) is 5.96 Å². The van der Waals surface area contributed by atoms with Crippen LogP contribution in [0.3, 0.4) is 0 Å². The van der Waals surface area contributed by atoms with Crippen LogP contribution in [0.25, 0.3) is 0 Å². The summed E-state index contributed by atoms with van der Waals surface area (Å²) < 4.78 is 0.109. The molecule has 0 bridgehead atoms. The van der Waals surface area contributed by atoms with E-state index in [1.54, 1.807) is 11.8 Å². The van der Waals surface area contributed by atoms with Crippen LogP contribution in [0.2, 0.25) is 0 Å². The molecule has 0 saturated heterocycles. The molecule has 132 valence electrons. The van der Waals surface area contributed by atoms with Crippen molar-refractivity contribution < 1.29 is 5.11 Å². The van der Waals surface area contributed by atoms with Crippen LogP contribution >= 0.6 is 35.7 Å². The topological polar surface area (TPSA) is 56.7 Å². The van der Waals surface area contributed by atoms with E-state index in [-0.39, 0.29) is 28.7 Å². The lowest BCUT2D eigenvalue weighted by atomic mass is 10.1. The number of hydrogen-bond donors (Lipinski definition) is 3. The lowest BCUT2D eigenvalue weighted by molar-refractivity contribution is 0.181. The Morgan fingerprint density at radius 2 is 1.87 bits per heavy atom. The van der Waals surface area contributed by atoms with Gasteiger partial charge < -0.3 is 15.7 Å². The fourth-order valence-electron chi connectivity index (χ4n) is 1.78. The first-order chi connectivity index (χ1) is 10.4. The molecule has 0 aliphatic carbocycles. The van der Waals surface area contributed by atoms with E-state index in [1.807, 2.05) is 38.1 Å². The molecule has 0 amide bonds. The summed E-state index contributed by atoms with van der Waals surface area (Å²) in [4.78, 5) is 4.60. The zero-order valence-corrected chi connectivity index (χ0v) is 17.9. The summed E-state index contributed by atoms with van der Waals surface area (Å²) in [7, 11) is 0. The largest absolute Gasteiger partial charge is 0.387 e. The summed E-state index contributed by atoms with van der Waals surface area (Å²) in [6.07, 6.45) is 1.55. The Morgan fingerprint density at radius 3 is 2.39 bits per heavy atom. The highest BCUT2D eigenvalue weighted by atomic mass is 127. The third-order valence-electron chi connectivity index (χ3n) is 3.44. The minimum atomic E-state index is -0.544. The Kier molecular flexibility index (Phi) is 10.9. The second kappa shape index (κ2) is 11.1. The van der Waals surface area contributed by atoms with E-state index >= 15 is 0 Å². The van der Waals surface area contributed by atoms with E-state index in [0.29, 0.717) is 6.54 Å². The minimum Gasteiger partial charge on any atom is -0.387 e. The van der Waals surface area contributed by atoms with Gasteiger partial charge in [-0.25, -0.2) is 0 Å². The maximum Gasteiger partial charge on any atom is 0.191 e. The fraction of sp³-hybridized carbons (Fsp3) is 0.588. The average Bonchev–Trinajstić information content (AvgIpc) is 2.50. The molecule has 1 unspecified atom stereocenters. The fourth-order valence-corrected chi connectivity index (χ4v) is 1.97. The van der Waals surface area contributed by atoms with Gasteiger partial charge in [0, 0.05) is 17.8 Å². The van der Waals surface area contributed by atoms with Gasteiger partial charge in [-0.05, 0) is 39.5 Å². The monoisotopic (exact) mass is 451 g/mol. The number of guanidine groups is 1. The van der Waals surface area contributed by atoms with Gasteiger partial charge in [-0.3, -0.25) is 4.99 Å². The molecule has 23 heavy (non-hydrogen) atoms. The van der Waals surface area contributed by atoms with Crippen molar-refractivity contribution in [2.45, 2.75) is 38.5 Å². The molecule has 0 heterocycles. The summed E-state index contributed by atoms with van der Waals surface area (Å²) in [5, 5.41) is 16.7. The van der Waals surface area contributed by atoms with Gasteiger partial charge in [-0.2, -0.15) is 11.8 Å². The molecule has 0 fully saturated rings. The third kappa shape index (κ3) is 8.81. The molecule has 4 nitrogen and oxygen atoms in total. The van der Waals surface area contributed by atoms with E-state index in [4.69, 9.17) is 0 Å². The molecule has 1 rings (SSSR count). The number of nitrogens with one attached hydrogen (secondary N) is 2. The zero-order chi connectivity index (χ0) is 16.6. The van der Waals surface area contributed by atoms with Crippen molar-refractivity contribution in [2.24, 2.45) is 4.99 Å². The van der Waals surface area contributed by atoms with Gasteiger partial charge >= 0.3 is 0 Å². The average molecular weight is 451 g/mol. The van der Waals surface area contributed by atoms with Crippen LogP contribution in [0, 0.1) is 6.92 Å². The highest BCUT2D eigenvalue weighted by Gasteiger charge is 2.15. The molecule has 0 aliphatic rings. The molecule has 0 spiro atoms. The van der Waals surface area contributed by atoms with Gasteiger partial charge in [0.1, 0.15) is 0 Å². The lowest BCUT2D eigenvalue weighted by Crippen LogP contribution is -2.40. The SMILES string of the molecule is CCNC(=NCC(C)(C)SC)NCC(O)c1ccc(C)cc1.I. The normalized spacial score (nSPS) is 13.2. The summed E-state index contributed by atoms with van der Waals surface area (Å²) in [6.45, 7) is 10.4. The highest BCUT2D eigenvalue weighted by Crippen LogP contribution is 2.21. The molecule has 0 aliphatic heterocycles. The van der Waals surface area contributed by atoms with Gasteiger partial charge in [-0.15, -0.1) is 24.0 Å². The Labute approximate surface area is 162 Å². The lowest BCUT2D eigenvalue weighted by Gasteiger charge is -2.21. The standard InChI is InChI=1S/C17H29N3OS.HI/c1-6-18-16(20-12-17(3,4)22-5)19-11-15(21)14-9-7-13(2)8-10-14;/h7-10,15,21H,6,11-12H2,1-5H3,(H2,18,19,20);1H. The van der Waals surface area contributed by atoms with Crippen LogP contribution in [0.5, 0.6) is 0 Å². The van der Waals surface area contributed by atoms with Crippen molar-refractivity contribution in [1.82, 2.24) is 10.6 Å². The second-order valence-corrected chi connectivity index (χ2v) is 7.48. The van der Waals surface area contributed by atoms with E-state index in [1.165, 1.54) is 5.56 Å². The van der Waals surface area contributed by atoms with Crippen molar-refractivity contribution in [2.75, 3.05) is 25.9 Å². The summed E-state index contributed by atoms with van der Waals surface area (Å²) >= 11 is 1.80. The van der Waals surface area contributed by atoms with Gasteiger partial charge in [0.25, 0.3) is 0 Å². The van der Waals surface area contributed by atoms with Crippen LogP contribution in [0.15, 0.2) is 29.3 Å². The van der Waals surface area contributed by atoms with Gasteiger partial charge in [0.05, 0.1) is 12.6 Å². The quantitative estimate of drug-likeness (QED) is 0.338. The molecule has 1 aromatic carbocycles. The van der Waals surface area contributed by atoms with Gasteiger partial charge in [-0.1, -0.05) is 29.8 Å². The van der Waals surface area contributed by atoms with Crippen molar-refractivity contribution in [1.29, 1.82) is 0 Å². The molecule has 1 atom stereocenters. The van der Waals surface area contributed by atoms with Gasteiger partial charge in [0.2, 0.25) is 0 Å². The summed E-state index contributed by atoms with van der Waals surface area (Å²) in [5.74, 6) is 0.746. The van der Waals surface area contributed by atoms with E-state index in [0.717, 1.165) is 24.6 Å². The Balaban J connectivity index is 0.00000484. The number of aryl methyl sites for hydroxylation is 1. The Morgan fingerprint density at radius 1 is 1.26 bits per heavy atom. The van der Waals surface area contributed by atoms with Crippen LogP contribution in [0.1, 0.15) is 38.0 Å². The number of aliphatic hydroxyl groups excluding tert-OH is 1.